The molecule has 1 saturated heterocycles. The molecule has 1 N–H and O–H groups in total. The average Bonchev–Trinajstić information content (AvgIpc) is 2.66. The Morgan fingerprint density at radius 3 is 2.88 bits per heavy atom. The van der Waals surface area contributed by atoms with E-state index in [0.29, 0.717) is 23.7 Å². The summed E-state index contributed by atoms with van der Waals surface area (Å²) >= 11 is 5.86. The number of nitrogens with zero attached hydrogens (tertiary/aromatic N) is 1. The van der Waals surface area contributed by atoms with Crippen LogP contribution in [0.1, 0.15) is 10.6 Å². The number of hydrogen-bond acceptors (Lipinski definition) is 3. The van der Waals surface area contributed by atoms with E-state index in [2.05, 4.69) is 0 Å². The van der Waals surface area contributed by atoms with Crippen LogP contribution in [0.3, 0.4) is 0 Å². The SMILES string of the molecule is O=C(c1cc2cc(Cl)ccc2o1)N1CC(O)C1. The van der Waals surface area contributed by atoms with Crippen molar-refractivity contribution in [2.45, 2.75) is 6.10 Å². The van der Waals surface area contributed by atoms with E-state index in [1.807, 2.05) is 0 Å². The summed E-state index contributed by atoms with van der Waals surface area (Å²) in [6.45, 7) is 0.743. The van der Waals surface area contributed by atoms with Crippen molar-refractivity contribution in [3.63, 3.8) is 0 Å². The molecule has 3 rings (SSSR count). The Kier molecular flexibility index (Phi) is 2.34. The van der Waals surface area contributed by atoms with Gasteiger partial charge in [-0.3, -0.25) is 4.79 Å². The average molecular weight is 252 g/mol. The van der Waals surface area contributed by atoms with Gasteiger partial charge in [0.2, 0.25) is 0 Å². The minimum Gasteiger partial charge on any atom is -0.451 e. The number of furan rings is 1. The molecule has 0 atom stereocenters. The number of amides is 1. The van der Waals surface area contributed by atoms with Crippen molar-refractivity contribution in [3.05, 3.63) is 35.0 Å². The maximum Gasteiger partial charge on any atom is 0.289 e. The highest BCUT2D eigenvalue weighted by atomic mass is 35.5. The summed E-state index contributed by atoms with van der Waals surface area (Å²) in [6, 6.07) is 6.88. The smallest absolute Gasteiger partial charge is 0.289 e. The molecular weight excluding hydrogens is 242 g/mol. The molecule has 1 amide bonds. The molecule has 0 radical (unpaired) electrons. The third-order valence-electron chi connectivity index (χ3n) is 2.84. The molecule has 1 aromatic carbocycles. The van der Waals surface area contributed by atoms with Crippen LogP contribution in [0.5, 0.6) is 0 Å². The number of hydrogen-bond donors (Lipinski definition) is 1. The van der Waals surface area contributed by atoms with Crippen molar-refractivity contribution in [3.8, 4) is 0 Å². The van der Waals surface area contributed by atoms with Crippen LogP contribution in [0.2, 0.25) is 5.02 Å². The topological polar surface area (TPSA) is 53.7 Å². The fourth-order valence-electron chi connectivity index (χ4n) is 1.90. The van der Waals surface area contributed by atoms with Crippen LogP contribution in [-0.2, 0) is 0 Å². The molecule has 1 aliphatic rings. The maximum atomic E-state index is 11.9. The first-order valence-electron chi connectivity index (χ1n) is 5.30. The van der Waals surface area contributed by atoms with E-state index < -0.39 is 6.10 Å². The minimum atomic E-state index is -0.405. The van der Waals surface area contributed by atoms with E-state index >= 15 is 0 Å². The molecule has 1 aliphatic heterocycles. The second kappa shape index (κ2) is 3.75. The van der Waals surface area contributed by atoms with Gasteiger partial charge in [0, 0.05) is 23.5 Å². The molecule has 88 valence electrons. The van der Waals surface area contributed by atoms with Gasteiger partial charge >= 0.3 is 0 Å². The quantitative estimate of drug-likeness (QED) is 0.842. The number of aliphatic hydroxyl groups excluding tert-OH is 1. The number of halogens is 1. The van der Waals surface area contributed by atoms with Crippen molar-refractivity contribution >= 4 is 28.5 Å². The zero-order chi connectivity index (χ0) is 12.0. The van der Waals surface area contributed by atoms with Crippen molar-refractivity contribution in [2.75, 3.05) is 13.1 Å². The lowest BCUT2D eigenvalue weighted by Gasteiger charge is -2.35. The van der Waals surface area contributed by atoms with Crippen molar-refractivity contribution < 1.29 is 14.3 Å². The zero-order valence-corrected chi connectivity index (χ0v) is 9.65. The lowest BCUT2D eigenvalue weighted by molar-refractivity contribution is 0.00406. The normalized spacial score (nSPS) is 16.2. The third-order valence-corrected chi connectivity index (χ3v) is 3.07. The molecule has 0 spiro atoms. The predicted molar refractivity (Wildman–Crippen MR) is 63.1 cm³/mol. The number of carbonyl (C=O) groups excluding carboxylic acids is 1. The van der Waals surface area contributed by atoms with Gasteiger partial charge in [0.05, 0.1) is 6.10 Å². The van der Waals surface area contributed by atoms with Gasteiger partial charge in [0.25, 0.3) is 5.91 Å². The molecule has 0 saturated carbocycles. The second-order valence-electron chi connectivity index (χ2n) is 4.16. The molecule has 1 aromatic heterocycles. The summed E-state index contributed by atoms with van der Waals surface area (Å²) in [5.41, 5.74) is 0.638. The number of rotatable bonds is 1. The monoisotopic (exact) mass is 251 g/mol. The van der Waals surface area contributed by atoms with Gasteiger partial charge in [-0.2, -0.15) is 0 Å². The standard InChI is InChI=1S/C12H10ClNO3/c13-8-1-2-10-7(3-8)4-11(17-10)12(16)14-5-9(15)6-14/h1-4,9,15H,5-6H2. The van der Waals surface area contributed by atoms with Gasteiger partial charge in [0.1, 0.15) is 5.58 Å². The number of likely N-dealkylation sites (tertiary alicyclic amines) is 1. The van der Waals surface area contributed by atoms with Crippen molar-refractivity contribution in [1.82, 2.24) is 4.90 Å². The first-order valence-corrected chi connectivity index (χ1v) is 5.68. The number of benzene rings is 1. The molecule has 0 aliphatic carbocycles. The number of carbonyl (C=O) groups is 1. The second-order valence-corrected chi connectivity index (χ2v) is 4.59. The van der Waals surface area contributed by atoms with E-state index in [9.17, 15) is 4.79 Å². The highest BCUT2D eigenvalue weighted by Crippen LogP contribution is 2.24. The Balaban J connectivity index is 1.93. The molecule has 2 aromatic rings. The van der Waals surface area contributed by atoms with Crippen LogP contribution < -0.4 is 0 Å². The summed E-state index contributed by atoms with van der Waals surface area (Å²) in [5, 5.41) is 10.6. The largest absolute Gasteiger partial charge is 0.451 e. The minimum absolute atomic E-state index is 0.192. The fourth-order valence-corrected chi connectivity index (χ4v) is 2.08. The molecule has 5 heteroatoms. The summed E-state index contributed by atoms with van der Waals surface area (Å²) in [4.78, 5) is 13.5. The Morgan fingerprint density at radius 1 is 1.41 bits per heavy atom. The van der Waals surface area contributed by atoms with Gasteiger partial charge < -0.3 is 14.4 Å². The maximum absolute atomic E-state index is 11.9. The lowest BCUT2D eigenvalue weighted by Crippen LogP contribution is -2.53. The summed E-state index contributed by atoms with van der Waals surface area (Å²) in [5.74, 6) is 0.0942. The first-order chi connectivity index (χ1) is 8.13. The van der Waals surface area contributed by atoms with Crippen LogP contribution in [0.15, 0.2) is 28.7 Å². The molecule has 0 unspecified atom stereocenters. The summed E-state index contributed by atoms with van der Waals surface area (Å²) in [6.07, 6.45) is -0.405. The van der Waals surface area contributed by atoms with Crippen LogP contribution in [-0.4, -0.2) is 35.1 Å². The van der Waals surface area contributed by atoms with Gasteiger partial charge in [-0.1, -0.05) is 11.6 Å². The first kappa shape index (κ1) is 10.6. The Hall–Kier alpha value is -1.52. The van der Waals surface area contributed by atoms with Crippen molar-refractivity contribution in [1.29, 1.82) is 0 Å². The van der Waals surface area contributed by atoms with Crippen LogP contribution in [0, 0.1) is 0 Å². The molecule has 17 heavy (non-hydrogen) atoms. The van der Waals surface area contributed by atoms with Gasteiger partial charge in [-0.05, 0) is 24.3 Å². The lowest BCUT2D eigenvalue weighted by atomic mass is 10.1. The number of fused-ring (bicyclic) bond motifs is 1. The van der Waals surface area contributed by atoms with E-state index in [4.69, 9.17) is 21.1 Å². The highest BCUT2D eigenvalue weighted by Gasteiger charge is 2.31. The Labute approximate surface area is 102 Å². The van der Waals surface area contributed by atoms with E-state index in [1.54, 1.807) is 29.2 Å². The molecule has 1 fully saturated rings. The zero-order valence-electron chi connectivity index (χ0n) is 8.89. The van der Waals surface area contributed by atoms with Crippen LogP contribution in [0.25, 0.3) is 11.0 Å². The molecule has 4 nitrogen and oxygen atoms in total. The Bertz CT molecular complexity index is 586. The van der Waals surface area contributed by atoms with Crippen LogP contribution >= 0.6 is 11.6 Å². The number of β-amino-alcohol motifs (C(OH)–C–C–N with tert-alkyl or cyclic N) is 1. The van der Waals surface area contributed by atoms with E-state index in [0.717, 1.165) is 5.39 Å². The number of aliphatic hydroxyl groups is 1. The molecule has 2 heterocycles. The van der Waals surface area contributed by atoms with E-state index in [-0.39, 0.29) is 11.7 Å². The predicted octanol–water partition coefficient (Wildman–Crippen LogP) is 1.90. The molecular formula is C12H10ClNO3. The van der Waals surface area contributed by atoms with Gasteiger partial charge in [0.15, 0.2) is 5.76 Å². The summed E-state index contributed by atoms with van der Waals surface area (Å²) in [7, 11) is 0. The van der Waals surface area contributed by atoms with Gasteiger partial charge in [-0.25, -0.2) is 0 Å². The van der Waals surface area contributed by atoms with E-state index in [1.165, 1.54) is 0 Å². The third kappa shape index (κ3) is 1.79. The van der Waals surface area contributed by atoms with Gasteiger partial charge in [-0.15, -0.1) is 0 Å². The highest BCUT2D eigenvalue weighted by molar-refractivity contribution is 6.31. The Morgan fingerprint density at radius 2 is 2.18 bits per heavy atom. The fraction of sp³-hybridized carbons (Fsp3) is 0.250. The summed E-state index contributed by atoms with van der Waals surface area (Å²) < 4.78 is 5.45. The van der Waals surface area contributed by atoms with Crippen LogP contribution in [0.4, 0.5) is 0 Å². The van der Waals surface area contributed by atoms with Crippen molar-refractivity contribution in [2.24, 2.45) is 0 Å². The molecule has 0 bridgehead atoms.